The Morgan fingerprint density at radius 1 is 1.00 bits per heavy atom. The van der Waals surface area contributed by atoms with Crippen LogP contribution in [0.2, 0.25) is 0 Å². The quantitative estimate of drug-likeness (QED) is 0.652. The van der Waals surface area contributed by atoms with Crippen LogP contribution in [0.15, 0.2) is 0 Å². The molecule has 0 saturated heterocycles. The first kappa shape index (κ1) is 13.8. The van der Waals surface area contributed by atoms with E-state index in [1.165, 1.54) is 0 Å². The molecule has 74 valence electrons. The van der Waals surface area contributed by atoms with Crippen LogP contribution in [0.5, 0.6) is 0 Å². The number of carbonyl (C=O) groups is 1. The summed E-state index contributed by atoms with van der Waals surface area (Å²) in [5.74, 6) is 0. The summed E-state index contributed by atoms with van der Waals surface area (Å²) in [6.45, 7) is 2.29. The second-order valence-corrected chi connectivity index (χ2v) is 2.89. The molecule has 0 fully saturated rings. The van der Waals surface area contributed by atoms with Gasteiger partial charge >= 0.3 is 6.16 Å². The third-order valence-corrected chi connectivity index (χ3v) is 0.994. The highest BCUT2D eigenvalue weighted by Crippen LogP contribution is 1.76. The van der Waals surface area contributed by atoms with Gasteiger partial charge in [-0.1, -0.05) is 0 Å². The fourth-order valence-electron chi connectivity index (χ4n) is 0.400. The van der Waals surface area contributed by atoms with Crippen molar-refractivity contribution in [2.45, 2.75) is 0 Å². The smallest absolute Gasteiger partial charge is 0.450 e. The predicted octanol–water partition coefficient (Wildman–Crippen LogP) is 0.332. The maximum Gasteiger partial charge on any atom is 0.503 e. The fraction of sp³-hybridized carbons (Fsp3) is 0.857. The Morgan fingerprint density at radius 3 is 1.25 bits per heavy atom. The standard InChI is InChI=1S/C6H16N2.CH2O3/c1-7(2)5-6-8(3)4;2-1(3)4/h5-6H2,1-4H3;(H2,2,3,4). The van der Waals surface area contributed by atoms with Gasteiger partial charge in [0.05, 0.1) is 0 Å². The van der Waals surface area contributed by atoms with Gasteiger partial charge in [0.15, 0.2) is 0 Å². The zero-order chi connectivity index (χ0) is 10.1. The van der Waals surface area contributed by atoms with Gasteiger partial charge in [0.25, 0.3) is 0 Å². The molecule has 0 bridgehead atoms. The van der Waals surface area contributed by atoms with Crippen LogP contribution in [0, 0.1) is 0 Å². The first-order valence-corrected chi connectivity index (χ1v) is 3.57. The molecule has 0 aliphatic rings. The molecule has 0 atom stereocenters. The van der Waals surface area contributed by atoms with E-state index in [-0.39, 0.29) is 0 Å². The van der Waals surface area contributed by atoms with Crippen molar-refractivity contribution in [2.24, 2.45) is 0 Å². The van der Waals surface area contributed by atoms with Crippen LogP contribution in [-0.4, -0.2) is 67.4 Å². The molecule has 0 amide bonds. The fourth-order valence-corrected chi connectivity index (χ4v) is 0.400. The molecule has 0 aromatic rings. The number of rotatable bonds is 3. The first-order valence-electron chi connectivity index (χ1n) is 3.57. The first-order chi connectivity index (χ1) is 5.36. The minimum absolute atomic E-state index is 1.15. The van der Waals surface area contributed by atoms with E-state index in [0.29, 0.717) is 0 Å². The molecule has 0 aliphatic heterocycles. The van der Waals surface area contributed by atoms with Crippen molar-refractivity contribution < 1.29 is 15.0 Å². The van der Waals surface area contributed by atoms with E-state index in [1.807, 2.05) is 0 Å². The Balaban J connectivity index is 0. The van der Waals surface area contributed by atoms with Crippen molar-refractivity contribution in [3.05, 3.63) is 0 Å². The third kappa shape index (κ3) is 35.1. The highest BCUT2D eigenvalue weighted by molar-refractivity contribution is 5.53. The SMILES string of the molecule is CN(C)CCN(C)C.O=C(O)O. The minimum Gasteiger partial charge on any atom is -0.450 e. The zero-order valence-corrected chi connectivity index (χ0v) is 8.11. The summed E-state index contributed by atoms with van der Waals surface area (Å²) >= 11 is 0. The highest BCUT2D eigenvalue weighted by Gasteiger charge is 1.89. The van der Waals surface area contributed by atoms with Gasteiger partial charge in [0, 0.05) is 13.1 Å². The van der Waals surface area contributed by atoms with Crippen molar-refractivity contribution >= 4 is 6.16 Å². The number of carboxylic acid groups (broad SMARTS) is 2. The second kappa shape index (κ2) is 8.29. The summed E-state index contributed by atoms with van der Waals surface area (Å²) in [6, 6.07) is 0. The van der Waals surface area contributed by atoms with E-state index in [2.05, 4.69) is 38.0 Å². The molecule has 2 N–H and O–H groups in total. The van der Waals surface area contributed by atoms with Crippen LogP contribution >= 0.6 is 0 Å². The lowest BCUT2D eigenvalue weighted by molar-refractivity contribution is 0.137. The second-order valence-electron chi connectivity index (χ2n) is 2.89. The Kier molecular flexibility index (Phi) is 9.50. The maximum absolute atomic E-state index is 8.56. The van der Waals surface area contributed by atoms with Crippen LogP contribution in [0.1, 0.15) is 0 Å². The number of hydrogen-bond donors (Lipinski definition) is 2. The van der Waals surface area contributed by atoms with Crippen molar-refractivity contribution in [3.63, 3.8) is 0 Å². The van der Waals surface area contributed by atoms with Gasteiger partial charge in [-0.3, -0.25) is 0 Å². The average Bonchev–Trinajstić information content (AvgIpc) is 1.82. The van der Waals surface area contributed by atoms with Crippen molar-refractivity contribution in [1.29, 1.82) is 0 Å². The van der Waals surface area contributed by atoms with Gasteiger partial charge in [-0.25, -0.2) is 4.79 Å². The van der Waals surface area contributed by atoms with Gasteiger partial charge < -0.3 is 20.0 Å². The van der Waals surface area contributed by atoms with Crippen LogP contribution in [-0.2, 0) is 0 Å². The van der Waals surface area contributed by atoms with E-state index >= 15 is 0 Å². The molecule has 0 spiro atoms. The summed E-state index contributed by atoms with van der Waals surface area (Å²) in [6.07, 6.45) is -1.83. The van der Waals surface area contributed by atoms with Crippen LogP contribution in [0.3, 0.4) is 0 Å². The molecule has 12 heavy (non-hydrogen) atoms. The highest BCUT2D eigenvalue weighted by atomic mass is 16.6. The maximum atomic E-state index is 8.56. The van der Waals surface area contributed by atoms with E-state index in [0.717, 1.165) is 13.1 Å². The Morgan fingerprint density at radius 2 is 1.17 bits per heavy atom. The van der Waals surface area contributed by atoms with Crippen molar-refractivity contribution in [2.75, 3.05) is 41.3 Å². The summed E-state index contributed by atoms with van der Waals surface area (Å²) in [4.78, 5) is 12.9. The summed E-state index contributed by atoms with van der Waals surface area (Å²) in [7, 11) is 8.35. The molecule has 5 nitrogen and oxygen atoms in total. The van der Waals surface area contributed by atoms with Crippen LogP contribution < -0.4 is 0 Å². The lowest BCUT2D eigenvalue weighted by Gasteiger charge is -2.13. The number of hydrogen-bond acceptors (Lipinski definition) is 3. The van der Waals surface area contributed by atoms with Crippen molar-refractivity contribution in [3.8, 4) is 0 Å². The van der Waals surface area contributed by atoms with Crippen molar-refractivity contribution in [1.82, 2.24) is 9.80 Å². The van der Waals surface area contributed by atoms with Crippen LogP contribution in [0.4, 0.5) is 4.79 Å². The largest absolute Gasteiger partial charge is 0.503 e. The van der Waals surface area contributed by atoms with Gasteiger partial charge in [-0.05, 0) is 28.2 Å². The normalized spacial score (nSPS) is 9.50. The molecular formula is C7H18N2O3. The third-order valence-electron chi connectivity index (χ3n) is 0.994. The van der Waals surface area contributed by atoms with Gasteiger partial charge in [-0.15, -0.1) is 0 Å². The number of nitrogens with zero attached hydrogens (tertiary/aromatic N) is 2. The van der Waals surface area contributed by atoms with E-state index < -0.39 is 6.16 Å². The molecule has 0 heterocycles. The summed E-state index contributed by atoms with van der Waals surface area (Å²) < 4.78 is 0. The van der Waals surface area contributed by atoms with E-state index in [4.69, 9.17) is 15.0 Å². The summed E-state index contributed by atoms with van der Waals surface area (Å²) in [5.41, 5.74) is 0. The predicted molar refractivity (Wildman–Crippen MR) is 47.8 cm³/mol. The van der Waals surface area contributed by atoms with Gasteiger partial charge in [0.2, 0.25) is 0 Å². The lowest BCUT2D eigenvalue weighted by Crippen LogP contribution is -2.25. The van der Waals surface area contributed by atoms with E-state index in [9.17, 15) is 0 Å². The van der Waals surface area contributed by atoms with Crippen LogP contribution in [0.25, 0.3) is 0 Å². The molecule has 0 rings (SSSR count). The zero-order valence-electron chi connectivity index (χ0n) is 8.11. The molecular weight excluding hydrogens is 160 g/mol. The topological polar surface area (TPSA) is 64.0 Å². The van der Waals surface area contributed by atoms with Gasteiger partial charge in [-0.2, -0.15) is 0 Å². The molecule has 0 aromatic carbocycles. The monoisotopic (exact) mass is 178 g/mol. The average molecular weight is 178 g/mol. The van der Waals surface area contributed by atoms with Gasteiger partial charge in [0.1, 0.15) is 0 Å². The molecule has 0 aliphatic carbocycles. The Hall–Kier alpha value is -0.810. The molecule has 0 aromatic heterocycles. The lowest BCUT2D eigenvalue weighted by atomic mass is 10.5. The Bertz CT molecular complexity index is 103. The van der Waals surface area contributed by atoms with E-state index in [1.54, 1.807) is 0 Å². The molecule has 0 saturated carbocycles. The molecule has 0 unspecified atom stereocenters. The minimum atomic E-state index is -1.83. The molecule has 5 heteroatoms. The summed E-state index contributed by atoms with van der Waals surface area (Å²) in [5, 5.41) is 13.9. The Labute approximate surface area is 73.2 Å². The number of likely N-dealkylation sites (N-methyl/N-ethyl adjacent to an activating group) is 2. The molecule has 0 radical (unpaired) electrons.